The second-order valence-electron chi connectivity index (χ2n) is 2.78. The molecule has 0 aromatic heterocycles. The summed E-state index contributed by atoms with van der Waals surface area (Å²) in [5.41, 5.74) is -1.24. The summed E-state index contributed by atoms with van der Waals surface area (Å²) in [6, 6.07) is 3.57. The molecule has 0 heterocycles. The van der Waals surface area contributed by atoms with Gasteiger partial charge < -0.3 is 5.11 Å². The number of rotatable bonds is 3. The summed E-state index contributed by atoms with van der Waals surface area (Å²) < 4.78 is 0. The zero-order valence-electron chi connectivity index (χ0n) is 7.81. The average Bonchev–Trinajstić information content (AvgIpc) is 2.26. The van der Waals surface area contributed by atoms with Gasteiger partial charge in [-0.1, -0.05) is 15.9 Å². The Hall–Kier alpha value is -1.94. The number of carbonyl (C=O) groups is 1. The summed E-state index contributed by atoms with van der Waals surface area (Å²) >= 11 is 2.87. The Labute approximate surface area is 98.4 Å². The van der Waals surface area contributed by atoms with E-state index < -0.39 is 27.7 Å². The van der Waals surface area contributed by atoms with Gasteiger partial charge in [0.2, 0.25) is 0 Å². The molecular weight excluding hydrogens is 280 g/mol. The fourth-order valence-electron chi connectivity index (χ4n) is 1.20. The van der Waals surface area contributed by atoms with Gasteiger partial charge in [-0.3, -0.25) is 14.9 Å². The number of nitro groups is 1. The third kappa shape index (κ3) is 2.01. The van der Waals surface area contributed by atoms with Crippen molar-refractivity contribution in [2.45, 2.75) is 0 Å². The van der Waals surface area contributed by atoms with Crippen LogP contribution in [0.15, 0.2) is 12.1 Å². The number of halogens is 1. The Morgan fingerprint density at radius 3 is 2.69 bits per heavy atom. The summed E-state index contributed by atoms with van der Waals surface area (Å²) in [5, 5.41) is 28.7. The van der Waals surface area contributed by atoms with E-state index in [1.807, 2.05) is 0 Å². The van der Waals surface area contributed by atoms with Gasteiger partial charge in [-0.25, -0.2) is 0 Å². The van der Waals surface area contributed by atoms with Crippen LogP contribution in [0.4, 0.5) is 5.69 Å². The van der Waals surface area contributed by atoms with Gasteiger partial charge in [0.05, 0.1) is 15.8 Å². The number of phenols is 1. The molecule has 0 saturated heterocycles. The van der Waals surface area contributed by atoms with Crippen molar-refractivity contribution in [1.29, 1.82) is 5.26 Å². The van der Waals surface area contributed by atoms with Crippen LogP contribution in [0.25, 0.3) is 0 Å². The molecule has 0 aliphatic heterocycles. The molecule has 0 unspecified atom stereocenters. The number of alkyl halides is 1. The number of benzene rings is 1. The summed E-state index contributed by atoms with van der Waals surface area (Å²) in [5.74, 6) is -1.02. The number of aromatic hydroxyl groups is 1. The summed E-state index contributed by atoms with van der Waals surface area (Å²) in [7, 11) is 0. The number of ketones is 1. The minimum Gasteiger partial charge on any atom is -0.507 e. The van der Waals surface area contributed by atoms with Crippen LogP contribution in [-0.4, -0.2) is 21.1 Å². The number of nitro benzene ring substituents is 1. The molecule has 6 nitrogen and oxygen atoms in total. The first kappa shape index (κ1) is 12.1. The number of hydrogen-bond acceptors (Lipinski definition) is 5. The number of phenolic OH excluding ortho intramolecular Hbond substituents is 1. The average molecular weight is 285 g/mol. The summed E-state index contributed by atoms with van der Waals surface area (Å²) in [4.78, 5) is 21.2. The minimum absolute atomic E-state index is 0.129. The van der Waals surface area contributed by atoms with Crippen molar-refractivity contribution in [2.24, 2.45) is 0 Å². The van der Waals surface area contributed by atoms with Crippen molar-refractivity contribution in [1.82, 2.24) is 0 Å². The van der Waals surface area contributed by atoms with Crippen LogP contribution in [0.3, 0.4) is 0 Å². The van der Waals surface area contributed by atoms with E-state index in [-0.39, 0.29) is 10.9 Å². The molecule has 0 aliphatic carbocycles. The van der Waals surface area contributed by atoms with E-state index in [0.717, 1.165) is 12.1 Å². The highest BCUT2D eigenvalue weighted by molar-refractivity contribution is 9.09. The topological polar surface area (TPSA) is 104 Å². The Balaban J connectivity index is 3.58. The smallest absolute Gasteiger partial charge is 0.288 e. The fourth-order valence-corrected chi connectivity index (χ4v) is 1.48. The third-order valence-electron chi connectivity index (χ3n) is 1.87. The van der Waals surface area contributed by atoms with Crippen molar-refractivity contribution < 1.29 is 14.8 Å². The number of Topliss-reactive ketones (excluding diaryl/α,β-unsaturated/α-hetero) is 1. The molecule has 0 atom stereocenters. The van der Waals surface area contributed by atoms with Crippen molar-refractivity contribution in [3.63, 3.8) is 0 Å². The predicted molar refractivity (Wildman–Crippen MR) is 57.6 cm³/mol. The van der Waals surface area contributed by atoms with Crippen LogP contribution in [0.1, 0.15) is 15.9 Å². The van der Waals surface area contributed by atoms with Crippen LogP contribution >= 0.6 is 15.9 Å². The van der Waals surface area contributed by atoms with Gasteiger partial charge in [-0.15, -0.1) is 0 Å². The van der Waals surface area contributed by atoms with Gasteiger partial charge in [0.1, 0.15) is 17.4 Å². The Bertz CT molecular complexity index is 507. The van der Waals surface area contributed by atoms with Crippen LogP contribution in [-0.2, 0) is 0 Å². The van der Waals surface area contributed by atoms with Crippen molar-refractivity contribution in [2.75, 3.05) is 5.33 Å². The lowest BCUT2D eigenvalue weighted by molar-refractivity contribution is -0.385. The van der Waals surface area contributed by atoms with E-state index in [2.05, 4.69) is 15.9 Å². The molecule has 82 valence electrons. The van der Waals surface area contributed by atoms with E-state index >= 15 is 0 Å². The quantitative estimate of drug-likeness (QED) is 0.394. The fraction of sp³-hybridized carbons (Fsp3) is 0.111. The van der Waals surface area contributed by atoms with Crippen LogP contribution in [0, 0.1) is 21.4 Å². The lowest BCUT2D eigenvalue weighted by Crippen LogP contribution is -2.06. The monoisotopic (exact) mass is 284 g/mol. The van der Waals surface area contributed by atoms with Gasteiger partial charge in [0.25, 0.3) is 5.69 Å². The highest BCUT2D eigenvalue weighted by Gasteiger charge is 2.24. The Morgan fingerprint density at radius 1 is 1.62 bits per heavy atom. The van der Waals surface area contributed by atoms with Gasteiger partial charge in [-0.05, 0) is 6.07 Å². The molecule has 0 bridgehead atoms. The molecule has 0 saturated carbocycles. The SMILES string of the molecule is N#Cc1c([N+](=O)[O-])ccc(O)c1C(=O)CBr. The van der Waals surface area contributed by atoms with Crippen molar-refractivity contribution in [3.05, 3.63) is 33.4 Å². The van der Waals surface area contributed by atoms with E-state index in [9.17, 15) is 20.0 Å². The molecule has 1 N–H and O–H groups in total. The molecule has 16 heavy (non-hydrogen) atoms. The van der Waals surface area contributed by atoms with Crippen LogP contribution in [0.2, 0.25) is 0 Å². The second-order valence-corrected chi connectivity index (χ2v) is 3.34. The van der Waals surface area contributed by atoms with Crippen molar-refractivity contribution >= 4 is 27.4 Å². The predicted octanol–water partition coefficient (Wildman–Crippen LogP) is 1.75. The molecule has 0 fully saturated rings. The van der Waals surface area contributed by atoms with Crippen molar-refractivity contribution in [3.8, 4) is 11.8 Å². The maximum Gasteiger partial charge on any atom is 0.288 e. The maximum absolute atomic E-state index is 11.4. The zero-order chi connectivity index (χ0) is 12.3. The second kappa shape index (κ2) is 4.72. The molecule has 0 aliphatic rings. The van der Waals surface area contributed by atoms with Gasteiger partial charge >= 0.3 is 0 Å². The first-order valence-corrected chi connectivity index (χ1v) is 5.14. The van der Waals surface area contributed by atoms with E-state index in [4.69, 9.17) is 5.26 Å². The standard InChI is InChI=1S/C9H5BrN2O4/c10-3-8(14)9-5(4-11)6(12(15)16)1-2-7(9)13/h1-2,13H,3H2. The molecule has 0 amide bonds. The summed E-state index contributed by atoms with van der Waals surface area (Å²) in [6.45, 7) is 0. The zero-order valence-corrected chi connectivity index (χ0v) is 9.39. The Morgan fingerprint density at radius 2 is 2.25 bits per heavy atom. The molecule has 0 spiro atoms. The lowest BCUT2D eigenvalue weighted by Gasteiger charge is -2.04. The minimum atomic E-state index is -0.775. The van der Waals surface area contributed by atoms with E-state index in [0.29, 0.717) is 0 Å². The molecule has 1 rings (SSSR count). The molecular formula is C9H5BrN2O4. The van der Waals surface area contributed by atoms with E-state index in [1.165, 1.54) is 0 Å². The normalized spacial score (nSPS) is 9.50. The van der Waals surface area contributed by atoms with Gasteiger partial charge in [0, 0.05) is 6.07 Å². The molecule has 1 aromatic rings. The number of nitrogens with zero attached hydrogens (tertiary/aromatic N) is 2. The van der Waals surface area contributed by atoms with Gasteiger partial charge in [-0.2, -0.15) is 5.26 Å². The highest BCUT2D eigenvalue weighted by Crippen LogP contribution is 2.29. The lowest BCUT2D eigenvalue weighted by atomic mass is 10.0. The van der Waals surface area contributed by atoms with Crippen LogP contribution < -0.4 is 0 Å². The third-order valence-corrected chi connectivity index (χ3v) is 2.38. The van der Waals surface area contributed by atoms with Gasteiger partial charge in [0.15, 0.2) is 5.78 Å². The first-order valence-electron chi connectivity index (χ1n) is 4.02. The number of hydrogen-bond donors (Lipinski definition) is 1. The molecule has 0 radical (unpaired) electrons. The van der Waals surface area contributed by atoms with E-state index in [1.54, 1.807) is 6.07 Å². The maximum atomic E-state index is 11.4. The summed E-state index contributed by atoms with van der Waals surface area (Å²) in [6.07, 6.45) is 0. The highest BCUT2D eigenvalue weighted by atomic mass is 79.9. The largest absolute Gasteiger partial charge is 0.507 e. The van der Waals surface area contributed by atoms with Crippen LogP contribution in [0.5, 0.6) is 5.75 Å². The number of carbonyl (C=O) groups excluding carboxylic acids is 1. The first-order chi connectivity index (χ1) is 7.52. The molecule has 7 heteroatoms. The number of nitriles is 1. The Kier molecular flexibility index (Phi) is 3.58. The molecule has 1 aromatic carbocycles.